The SMILES string of the molecule is CCC(=O)CCCCC[C@H](NC(=O)CS(C)(=O)=O)C(=O)NC1CCN(Cc2ccccc2)CC1. The summed E-state index contributed by atoms with van der Waals surface area (Å²) < 4.78 is 22.9. The van der Waals surface area contributed by atoms with Gasteiger partial charge in [0.15, 0.2) is 9.84 Å². The number of piperidine rings is 1. The minimum atomic E-state index is -3.48. The fourth-order valence-corrected chi connectivity index (χ4v) is 4.71. The third kappa shape index (κ3) is 11.2. The molecule has 0 spiro atoms. The number of hydrogen-bond donors (Lipinski definition) is 2. The normalized spacial score (nSPS) is 16.1. The van der Waals surface area contributed by atoms with Crippen LogP contribution in [0.3, 0.4) is 0 Å². The largest absolute Gasteiger partial charge is 0.351 e. The zero-order valence-corrected chi connectivity index (χ0v) is 21.2. The summed E-state index contributed by atoms with van der Waals surface area (Å²) in [4.78, 5) is 39.0. The minimum absolute atomic E-state index is 0.0241. The van der Waals surface area contributed by atoms with Gasteiger partial charge in [-0.15, -0.1) is 0 Å². The number of sulfone groups is 1. The van der Waals surface area contributed by atoms with E-state index in [1.807, 2.05) is 25.1 Å². The molecule has 1 atom stereocenters. The minimum Gasteiger partial charge on any atom is -0.351 e. The molecule has 2 amide bonds. The second-order valence-electron chi connectivity index (χ2n) is 9.23. The lowest BCUT2D eigenvalue weighted by Gasteiger charge is -2.33. The fraction of sp³-hybridized carbons (Fsp3) is 0.640. The maximum absolute atomic E-state index is 13.0. The summed E-state index contributed by atoms with van der Waals surface area (Å²) in [5, 5.41) is 5.66. The molecule has 0 bridgehead atoms. The third-order valence-corrected chi connectivity index (χ3v) is 6.86. The number of likely N-dealkylation sites (tertiary alicyclic amines) is 1. The number of nitrogens with zero attached hydrogens (tertiary/aromatic N) is 1. The molecule has 0 aromatic heterocycles. The van der Waals surface area contributed by atoms with Gasteiger partial charge >= 0.3 is 0 Å². The monoisotopic (exact) mass is 493 g/mol. The lowest BCUT2D eigenvalue weighted by atomic mass is 10.0. The van der Waals surface area contributed by atoms with Crippen LogP contribution in [0, 0.1) is 0 Å². The molecule has 0 saturated carbocycles. The van der Waals surface area contributed by atoms with E-state index in [-0.39, 0.29) is 17.7 Å². The maximum atomic E-state index is 13.0. The molecule has 190 valence electrons. The van der Waals surface area contributed by atoms with E-state index < -0.39 is 27.5 Å². The second kappa shape index (κ2) is 14.2. The highest BCUT2D eigenvalue weighted by Crippen LogP contribution is 2.15. The quantitative estimate of drug-likeness (QED) is 0.384. The predicted octanol–water partition coefficient (Wildman–Crippen LogP) is 2.23. The lowest BCUT2D eigenvalue weighted by Crippen LogP contribution is -2.52. The van der Waals surface area contributed by atoms with E-state index in [0.29, 0.717) is 25.7 Å². The van der Waals surface area contributed by atoms with Crippen molar-refractivity contribution in [1.82, 2.24) is 15.5 Å². The fourth-order valence-electron chi connectivity index (χ4n) is 4.15. The van der Waals surface area contributed by atoms with Gasteiger partial charge in [0.1, 0.15) is 17.6 Å². The third-order valence-electron chi connectivity index (χ3n) is 6.07. The Hall–Kier alpha value is -2.26. The van der Waals surface area contributed by atoms with Crippen molar-refractivity contribution >= 4 is 27.4 Å². The molecule has 2 N–H and O–H groups in total. The molecule has 1 fully saturated rings. The van der Waals surface area contributed by atoms with Crippen molar-refractivity contribution in [2.75, 3.05) is 25.1 Å². The van der Waals surface area contributed by atoms with Crippen molar-refractivity contribution < 1.29 is 22.8 Å². The predicted molar refractivity (Wildman–Crippen MR) is 133 cm³/mol. The van der Waals surface area contributed by atoms with Gasteiger partial charge in [0, 0.05) is 44.8 Å². The Morgan fingerprint density at radius 3 is 2.35 bits per heavy atom. The average molecular weight is 494 g/mol. The van der Waals surface area contributed by atoms with Gasteiger partial charge in [0.2, 0.25) is 11.8 Å². The Bertz CT molecular complexity index is 896. The van der Waals surface area contributed by atoms with Crippen LogP contribution in [-0.4, -0.2) is 68.1 Å². The summed E-state index contributed by atoms with van der Waals surface area (Å²) >= 11 is 0. The standard InChI is InChI=1S/C25H39N3O5S/c1-3-22(29)12-8-5-9-13-23(27-24(30)19-34(2,32)33)25(31)26-21-14-16-28(17-15-21)18-20-10-6-4-7-11-20/h4,6-7,10-11,21,23H,3,5,8-9,12-19H2,1-2H3,(H,26,31)(H,27,30)/t23-/m0/s1. The molecule has 1 aromatic rings. The molecule has 1 heterocycles. The van der Waals surface area contributed by atoms with Crippen LogP contribution < -0.4 is 10.6 Å². The van der Waals surface area contributed by atoms with E-state index in [0.717, 1.165) is 51.6 Å². The average Bonchev–Trinajstić information content (AvgIpc) is 2.78. The van der Waals surface area contributed by atoms with E-state index in [9.17, 15) is 22.8 Å². The molecule has 9 heteroatoms. The molecule has 1 aromatic carbocycles. The van der Waals surface area contributed by atoms with Crippen molar-refractivity contribution in [2.45, 2.75) is 76.9 Å². The Morgan fingerprint density at radius 1 is 1.06 bits per heavy atom. The zero-order valence-electron chi connectivity index (χ0n) is 20.4. The van der Waals surface area contributed by atoms with Crippen molar-refractivity contribution in [3.63, 3.8) is 0 Å². The second-order valence-corrected chi connectivity index (χ2v) is 11.4. The molecule has 0 radical (unpaired) electrons. The first-order valence-electron chi connectivity index (χ1n) is 12.2. The van der Waals surface area contributed by atoms with Gasteiger partial charge in [0.05, 0.1) is 0 Å². The molecule has 0 aliphatic carbocycles. The number of Topliss-reactive ketones (excluding diaryl/α,β-unsaturated/α-hetero) is 1. The van der Waals surface area contributed by atoms with Gasteiger partial charge in [-0.25, -0.2) is 8.42 Å². The molecule has 1 aliphatic heterocycles. The van der Waals surface area contributed by atoms with E-state index in [2.05, 4.69) is 27.7 Å². The van der Waals surface area contributed by atoms with Gasteiger partial charge in [0.25, 0.3) is 0 Å². The topological polar surface area (TPSA) is 113 Å². The number of benzene rings is 1. The summed E-state index contributed by atoms with van der Waals surface area (Å²) in [7, 11) is -3.48. The van der Waals surface area contributed by atoms with Gasteiger partial charge in [-0.2, -0.15) is 0 Å². The number of hydrogen-bond acceptors (Lipinski definition) is 6. The number of carbonyl (C=O) groups is 3. The molecule has 8 nitrogen and oxygen atoms in total. The van der Waals surface area contributed by atoms with Gasteiger partial charge in [-0.3, -0.25) is 19.3 Å². The number of carbonyl (C=O) groups excluding carboxylic acids is 3. The highest BCUT2D eigenvalue weighted by atomic mass is 32.2. The van der Waals surface area contributed by atoms with Crippen LogP contribution in [0.15, 0.2) is 30.3 Å². The number of nitrogens with one attached hydrogen (secondary N) is 2. The van der Waals surface area contributed by atoms with Crippen LogP contribution in [-0.2, 0) is 30.8 Å². The Morgan fingerprint density at radius 2 is 1.74 bits per heavy atom. The van der Waals surface area contributed by atoms with E-state index in [4.69, 9.17) is 0 Å². The molecule has 1 saturated heterocycles. The van der Waals surface area contributed by atoms with Crippen LogP contribution in [0.2, 0.25) is 0 Å². The maximum Gasteiger partial charge on any atom is 0.242 e. The highest BCUT2D eigenvalue weighted by molar-refractivity contribution is 7.91. The van der Waals surface area contributed by atoms with Crippen LogP contribution in [0.1, 0.15) is 63.9 Å². The summed E-state index contributed by atoms with van der Waals surface area (Å²) in [5.74, 6) is -1.36. The summed E-state index contributed by atoms with van der Waals surface area (Å²) in [6.07, 6.45) is 6.29. The molecule has 1 aliphatic rings. The molecule has 34 heavy (non-hydrogen) atoms. The van der Waals surface area contributed by atoms with Gasteiger partial charge in [-0.05, 0) is 31.2 Å². The van der Waals surface area contributed by atoms with Crippen LogP contribution in [0.4, 0.5) is 0 Å². The molecular formula is C25H39N3O5S. The zero-order chi connectivity index (χ0) is 25.0. The van der Waals surface area contributed by atoms with Crippen molar-refractivity contribution in [3.05, 3.63) is 35.9 Å². The van der Waals surface area contributed by atoms with Crippen LogP contribution >= 0.6 is 0 Å². The number of unbranched alkanes of at least 4 members (excludes halogenated alkanes) is 2. The number of ketones is 1. The van der Waals surface area contributed by atoms with E-state index in [1.165, 1.54) is 5.56 Å². The first-order valence-corrected chi connectivity index (χ1v) is 14.3. The summed E-state index contributed by atoms with van der Waals surface area (Å²) in [6, 6.07) is 9.52. The Balaban J connectivity index is 1.84. The number of rotatable bonds is 14. The van der Waals surface area contributed by atoms with Gasteiger partial charge < -0.3 is 10.6 Å². The first kappa shape index (κ1) is 28.0. The molecular weight excluding hydrogens is 454 g/mol. The van der Waals surface area contributed by atoms with E-state index in [1.54, 1.807) is 0 Å². The van der Waals surface area contributed by atoms with Gasteiger partial charge in [-0.1, -0.05) is 50.1 Å². The number of amides is 2. The van der Waals surface area contributed by atoms with Crippen molar-refractivity contribution in [2.24, 2.45) is 0 Å². The van der Waals surface area contributed by atoms with Crippen LogP contribution in [0.25, 0.3) is 0 Å². The Kier molecular flexibility index (Phi) is 11.7. The summed E-state index contributed by atoms with van der Waals surface area (Å²) in [6.45, 7) is 4.46. The lowest BCUT2D eigenvalue weighted by molar-refractivity contribution is -0.128. The van der Waals surface area contributed by atoms with E-state index >= 15 is 0 Å². The summed E-state index contributed by atoms with van der Waals surface area (Å²) in [5.41, 5.74) is 1.26. The first-order chi connectivity index (χ1) is 16.2. The smallest absolute Gasteiger partial charge is 0.242 e. The van der Waals surface area contributed by atoms with Crippen molar-refractivity contribution in [3.8, 4) is 0 Å². The highest BCUT2D eigenvalue weighted by Gasteiger charge is 2.26. The molecule has 2 rings (SSSR count). The van der Waals surface area contributed by atoms with Crippen molar-refractivity contribution in [1.29, 1.82) is 0 Å². The Labute approximate surface area is 203 Å². The molecule has 0 unspecified atom stereocenters. The van der Waals surface area contributed by atoms with Crippen LogP contribution in [0.5, 0.6) is 0 Å².